The molecule has 0 spiro atoms. The molecule has 3 aliphatic carbocycles. The van der Waals surface area contributed by atoms with E-state index in [0.717, 1.165) is 32.1 Å². The number of rotatable bonds is 9. The Morgan fingerprint density at radius 1 is 1.14 bits per heavy atom. The maximum Gasteiger partial charge on any atom is 0.220 e. The van der Waals surface area contributed by atoms with Crippen molar-refractivity contribution in [1.82, 2.24) is 5.32 Å². The molecule has 0 bridgehead atoms. The molecule has 3 nitrogen and oxygen atoms in total. The second-order valence-corrected chi connectivity index (χ2v) is 13.8. The lowest BCUT2D eigenvalue weighted by atomic mass is 9.38. The van der Waals surface area contributed by atoms with Crippen molar-refractivity contribution in [2.45, 2.75) is 118 Å². The van der Waals surface area contributed by atoms with E-state index >= 15 is 0 Å². The summed E-state index contributed by atoms with van der Waals surface area (Å²) >= 11 is 0. The van der Waals surface area contributed by atoms with Crippen molar-refractivity contribution in [2.24, 2.45) is 39.9 Å². The fourth-order valence-corrected chi connectivity index (χ4v) is 9.47. The third kappa shape index (κ3) is 5.09. The van der Waals surface area contributed by atoms with E-state index in [-0.39, 0.29) is 22.2 Å². The Kier molecular flexibility index (Phi) is 8.62. The monoisotopic (exact) mass is 495 g/mol. The molecule has 3 heteroatoms. The first-order valence-corrected chi connectivity index (χ1v) is 14.4. The fraction of sp³-hybridized carbons (Fsp3) is 0.788. The molecule has 0 aliphatic heterocycles. The lowest BCUT2D eigenvalue weighted by Crippen LogP contribution is -2.60. The molecule has 3 aliphatic rings. The number of terminal acetylenes is 1. The van der Waals surface area contributed by atoms with Gasteiger partial charge in [-0.05, 0) is 125 Å². The topological polar surface area (TPSA) is 49.3 Å². The SMILES string of the molecule is C#CCNC(=O)CC[C@]1(C)[C@H]2CC[C@@H]3[C@@H]([C@@](C)(O)CCC=C(C)C)CC[C@@]3(C)[C@]2(C)CC[C@H]1C(=C)C. The van der Waals surface area contributed by atoms with Gasteiger partial charge < -0.3 is 10.4 Å². The van der Waals surface area contributed by atoms with Gasteiger partial charge >= 0.3 is 0 Å². The molecule has 202 valence electrons. The largest absolute Gasteiger partial charge is 0.390 e. The zero-order chi connectivity index (χ0) is 26.9. The Morgan fingerprint density at radius 2 is 1.81 bits per heavy atom. The van der Waals surface area contributed by atoms with E-state index in [1.807, 2.05) is 0 Å². The Hall–Kier alpha value is -1.53. The van der Waals surface area contributed by atoms with Crippen molar-refractivity contribution >= 4 is 5.91 Å². The predicted molar refractivity (Wildman–Crippen MR) is 151 cm³/mol. The zero-order valence-corrected chi connectivity index (χ0v) is 24.3. The van der Waals surface area contributed by atoms with Crippen LogP contribution in [0.4, 0.5) is 0 Å². The Labute approximate surface area is 222 Å². The fourth-order valence-electron chi connectivity index (χ4n) is 9.47. The number of amides is 1. The van der Waals surface area contributed by atoms with Gasteiger partial charge in [-0.3, -0.25) is 4.79 Å². The predicted octanol–water partition coefficient (Wildman–Crippen LogP) is 7.45. The summed E-state index contributed by atoms with van der Waals surface area (Å²) in [7, 11) is 0. The summed E-state index contributed by atoms with van der Waals surface area (Å²) in [5.41, 5.74) is 2.44. The number of fused-ring (bicyclic) bond motifs is 3. The maximum atomic E-state index is 12.6. The van der Waals surface area contributed by atoms with Crippen LogP contribution in [0, 0.1) is 52.3 Å². The van der Waals surface area contributed by atoms with Crippen LogP contribution in [0.2, 0.25) is 0 Å². The molecule has 2 N–H and O–H groups in total. The number of allylic oxidation sites excluding steroid dienone is 3. The van der Waals surface area contributed by atoms with E-state index < -0.39 is 5.60 Å². The summed E-state index contributed by atoms with van der Waals surface area (Å²) in [6.07, 6.45) is 17.9. The second-order valence-electron chi connectivity index (χ2n) is 13.8. The third-order valence-corrected chi connectivity index (χ3v) is 11.5. The summed E-state index contributed by atoms with van der Waals surface area (Å²) in [6.45, 7) is 20.9. The number of carbonyl (C=O) groups is 1. The van der Waals surface area contributed by atoms with Crippen LogP contribution in [-0.4, -0.2) is 23.2 Å². The number of hydrogen-bond donors (Lipinski definition) is 2. The molecule has 0 aromatic carbocycles. The van der Waals surface area contributed by atoms with E-state index in [4.69, 9.17) is 6.42 Å². The number of nitrogens with one attached hydrogen (secondary N) is 1. The maximum absolute atomic E-state index is 12.6. The minimum absolute atomic E-state index is 0.0460. The van der Waals surface area contributed by atoms with E-state index in [1.54, 1.807) is 0 Å². The minimum atomic E-state index is -0.620. The standard InChI is InChI=1S/C33H53NO2/c1-10-22-34-29(35)17-19-30(6)25(24(4)5)15-21-32(8)28(30)14-13-26-27(16-20-31(26,32)7)33(9,36)18-11-12-23(2)3/h1,12,25-28,36H,4,11,13-22H2,2-3,5-9H3,(H,34,35)/t25-,26+,27-,28+,30-,31+,32+,33-/m0/s1. The summed E-state index contributed by atoms with van der Waals surface area (Å²) in [5, 5.41) is 14.6. The molecule has 1 amide bonds. The van der Waals surface area contributed by atoms with Gasteiger partial charge in [0.15, 0.2) is 0 Å². The van der Waals surface area contributed by atoms with Crippen molar-refractivity contribution in [1.29, 1.82) is 0 Å². The molecular formula is C33H53NO2. The van der Waals surface area contributed by atoms with Crippen LogP contribution in [-0.2, 0) is 4.79 Å². The summed E-state index contributed by atoms with van der Waals surface area (Å²) < 4.78 is 0. The molecule has 0 aromatic heterocycles. The highest BCUT2D eigenvalue weighted by Crippen LogP contribution is 2.74. The van der Waals surface area contributed by atoms with Crippen LogP contribution < -0.4 is 5.32 Å². The number of carbonyl (C=O) groups excluding carboxylic acids is 1. The lowest BCUT2D eigenvalue weighted by molar-refractivity contribution is -0.178. The molecule has 3 fully saturated rings. The van der Waals surface area contributed by atoms with Crippen molar-refractivity contribution < 1.29 is 9.90 Å². The molecule has 0 unspecified atom stereocenters. The van der Waals surface area contributed by atoms with Crippen molar-refractivity contribution in [3.8, 4) is 12.3 Å². The number of aliphatic hydroxyl groups is 1. The van der Waals surface area contributed by atoms with Crippen molar-refractivity contribution in [3.05, 3.63) is 23.8 Å². The summed E-state index contributed by atoms with van der Waals surface area (Å²) in [6, 6.07) is 0. The Morgan fingerprint density at radius 3 is 2.42 bits per heavy atom. The lowest BCUT2D eigenvalue weighted by Gasteiger charge is -2.66. The van der Waals surface area contributed by atoms with Gasteiger partial charge in [0.2, 0.25) is 5.91 Å². The van der Waals surface area contributed by atoms with Crippen LogP contribution in [0.15, 0.2) is 23.8 Å². The minimum Gasteiger partial charge on any atom is -0.390 e. The van der Waals surface area contributed by atoms with Crippen LogP contribution in [0.3, 0.4) is 0 Å². The van der Waals surface area contributed by atoms with E-state index in [2.05, 4.69) is 72.4 Å². The first kappa shape index (κ1) is 29.0. The molecule has 0 aromatic rings. The van der Waals surface area contributed by atoms with E-state index in [0.29, 0.717) is 36.6 Å². The number of hydrogen-bond acceptors (Lipinski definition) is 2. The molecule has 0 saturated heterocycles. The van der Waals surface area contributed by atoms with Gasteiger partial charge in [-0.1, -0.05) is 50.5 Å². The molecule has 3 saturated carbocycles. The van der Waals surface area contributed by atoms with Crippen LogP contribution in [0.25, 0.3) is 0 Å². The second kappa shape index (κ2) is 10.7. The first-order valence-electron chi connectivity index (χ1n) is 14.4. The van der Waals surface area contributed by atoms with Gasteiger partial charge in [0, 0.05) is 6.42 Å². The quantitative estimate of drug-likeness (QED) is 0.258. The Balaban J connectivity index is 1.88. The van der Waals surface area contributed by atoms with Gasteiger partial charge in [-0.25, -0.2) is 0 Å². The van der Waals surface area contributed by atoms with Crippen molar-refractivity contribution in [2.75, 3.05) is 6.54 Å². The molecule has 0 radical (unpaired) electrons. The molecule has 0 heterocycles. The van der Waals surface area contributed by atoms with Gasteiger partial charge in [0.1, 0.15) is 0 Å². The first-order chi connectivity index (χ1) is 16.7. The summed E-state index contributed by atoms with van der Waals surface area (Å²) in [5.74, 6) is 4.51. The normalized spacial score (nSPS) is 39.2. The highest BCUT2D eigenvalue weighted by molar-refractivity contribution is 5.76. The van der Waals surface area contributed by atoms with Gasteiger partial charge in [0.25, 0.3) is 0 Å². The van der Waals surface area contributed by atoms with Gasteiger partial charge in [-0.2, -0.15) is 0 Å². The molecule has 8 atom stereocenters. The molecule has 36 heavy (non-hydrogen) atoms. The zero-order valence-electron chi connectivity index (χ0n) is 24.3. The van der Waals surface area contributed by atoms with Crippen molar-refractivity contribution in [3.63, 3.8) is 0 Å². The molecule has 3 rings (SSSR count). The van der Waals surface area contributed by atoms with E-state index in [9.17, 15) is 9.90 Å². The summed E-state index contributed by atoms with van der Waals surface area (Å²) in [4.78, 5) is 12.6. The highest BCUT2D eigenvalue weighted by atomic mass is 16.3. The Bertz CT molecular complexity index is 905. The van der Waals surface area contributed by atoms with E-state index in [1.165, 1.54) is 36.8 Å². The highest BCUT2D eigenvalue weighted by Gasteiger charge is 2.67. The molecular weight excluding hydrogens is 442 g/mol. The average Bonchev–Trinajstić information content (AvgIpc) is 3.15. The smallest absolute Gasteiger partial charge is 0.220 e. The van der Waals surface area contributed by atoms with Crippen LogP contribution in [0.1, 0.15) is 113 Å². The van der Waals surface area contributed by atoms with Gasteiger partial charge in [-0.15, -0.1) is 6.42 Å². The van der Waals surface area contributed by atoms with Crippen LogP contribution in [0.5, 0.6) is 0 Å². The van der Waals surface area contributed by atoms with Gasteiger partial charge in [0.05, 0.1) is 12.1 Å². The van der Waals surface area contributed by atoms with Crippen LogP contribution >= 0.6 is 0 Å². The average molecular weight is 496 g/mol. The third-order valence-electron chi connectivity index (χ3n) is 11.5.